The molecule has 1 aromatic carbocycles. The van der Waals surface area contributed by atoms with Crippen LogP contribution in [0.5, 0.6) is 5.75 Å². The molecule has 114 valence electrons. The average Bonchev–Trinajstić information content (AvgIpc) is 2.41. The Kier molecular flexibility index (Phi) is 4.65. The molecule has 0 bridgehead atoms. The van der Waals surface area contributed by atoms with Gasteiger partial charge in [-0.3, -0.25) is 0 Å². The lowest BCUT2D eigenvalue weighted by Gasteiger charge is -2.18. The molecular formula is C16H21NO4. The topological polar surface area (TPSA) is 73.9 Å². The molecular weight excluding hydrogens is 270 g/mol. The number of benzene rings is 1. The van der Waals surface area contributed by atoms with E-state index in [1.807, 2.05) is 11.9 Å². The maximum absolute atomic E-state index is 11.7. The zero-order valence-electron chi connectivity index (χ0n) is 12.6. The van der Waals surface area contributed by atoms with Gasteiger partial charge in [0, 0.05) is 30.1 Å². The second kappa shape index (κ2) is 6.28. The van der Waals surface area contributed by atoms with Crippen LogP contribution < -0.4 is 5.63 Å². The quantitative estimate of drug-likeness (QED) is 0.824. The highest BCUT2D eigenvalue weighted by Gasteiger charge is 2.12. The van der Waals surface area contributed by atoms with Crippen LogP contribution in [0.3, 0.4) is 0 Å². The fourth-order valence-corrected chi connectivity index (χ4v) is 2.32. The summed E-state index contributed by atoms with van der Waals surface area (Å²) >= 11 is 0. The van der Waals surface area contributed by atoms with Crippen LogP contribution in [0, 0.1) is 6.92 Å². The minimum atomic E-state index is -0.421. The van der Waals surface area contributed by atoms with Crippen molar-refractivity contribution in [2.45, 2.75) is 32.9 Å². The van der Waals surface area contributed by atoms with E-state index in [1.54, 1.807) is 26.0 Å². The molecule has 0 aliphatic heterocycles. The number of phenolic OH excluding ortho intramolecular Hbond substituents is 1. The Labute approximate surface area is 123 Å². The molecule has 2 aromatic rings. The predicted octanol–water partition coefficient (Wildman–Crippen LogP) is 2.01. The molecule has 0 spiro atoms. The zero-order valence-corrected chi connectivity index (χ0v) is 12.6. The first-order valence-electron chi connectivity index (χ1n) is 7.00. The molecule has 0 aliphatic carbocycles. The number of aromatic hydroxyl groups is 1. The van der Waals surface area contributed by atoms with Crippen molar-refractivity contribution in [3.05, 3.63) is 39.7 Å². The van der Waals surface area contributed by atoms with Crippen molar-refractivity contribution >= 4 is 11.0 Å². The molecule has 1 heterocycles. The highest BCUT2D eigenvalue weighted by molar-refractivity contribution is 5.84. The van der Waals surface area contributed by atoms with Crippen LogP contribution in [0.1, 0.15) is 24.5 Å². The third kappa shape index (κ3) is 3.62. The van der Waals surface area contributed by atoms with E-state index in [9.17, 15) is 15.0 Å². The van der Waals surface area contributed by atoms with Crippen LogP contribution in [-0.2, 0) is 6.54 Å². The van der Waals surface area contributed by atoms with Gasteiger partial charge in [-0.1, -0.05) is 0 Å². The van der Waals surface area contributed by atoms with Gasteiger partial charge in [-0.15, -0.1) is 0 Å². The van der Waals surface area contributed by atoms with Crippen molar-refractivity contribution < 1.29 is 14.6 Å². The predicted molar refractivity (Wildman–Crippen MR) is 81.5 cm³/mol. The summed E-state index contributed by atoms with van der Waals surface area (Å²) < 4.78 is 5.22. The van der Waals surface area contributed by atoms with E-state index in [4.69, 9.17) is 4.42 Å². The molecule has 0 saturated heterocycles. The Morgan fingerprint density at radius 3 is 2.76 bits per heavy atom. The molecule has 1 unspecified atom stereocenters. The van der Waals surface area contributed by atoms with E-state index in [1.165, 1.54) is 6.07 Å². The SMILES string of the molecule is Cc1c(O)ccc2c(CN(C)CCC(C)O)cc(=O)oc12. The number of nitrogens with zero attached hydrogens (tertiary/aromatic N) is 1. The lowest BCUT2D eigenvalue weighted by molar-refractivity contribution is 0.163. The molecule has 5 heteroatoms. The summed E-state index contributed by atoms with van der Waals surface area (Å²) in [6.45, 7) is 4.80. The van der Waals surface area contributed by atoms with Gasteiger partial charge < -0.3 is 19.5 Å². The molecule has 0 amide bonds. The van der Waals surface area contributed by atoms with E-state index >= 15 is 0 Å². The first kappa shape index (κ1) is 15.5. The van der Waals surface area contributed by atoms with Crippen LogP contribution >= 0.6 is 0 Å². The molecule has 2 rings (SSSR count). The molecule has 0 radical (unpaired) electrons. The van der Waals surface area contributed by atoms with Gasteiger partial charge in [-0.05, 0) is 45.0 Å². The lowest BCUT2D eigenvalue weighted by atomic mass is 10.1. The largest absolute Gasteiger partial charge is 0.508 e. The Morgan fingerprint density at radius 2 is 2.10 bits per heavy atom. The number of aliphatic hydroxyl groups excluding tert-OH is 1. The number of hydrogen-bond acceptors (Lipinski definition) is 5. The number of rotatable bonds is 5. The van der Waals surface area contributed by atoms with Gasteiger partial charge in [0.05, 0.1) is 6.10 Å². The third-order valence-corrected chi connectivity index (χ3v) is 3.59. The highest BCUT2D eigenvalue weighted by atomic mass is 16.4. The highest BCUT2D eigenvalue weighted by Crippen LogP contribution is 2.27. The summed E-state index contributed by atoms with van der Waals surface area (Å²) in [5.41, 5.74) is 1.44. The first-order chi connectivity index (χ1) is 9.88. The normalized spacial score (nSPS) is 13.0. The number of phenols is 1. The fraction of sp³-hybridized carbons (Fsp3) is 0.438. The fourth-order valence-electron chi connectivity index (χ4n) is 2.32. The maximum Gasteiger partial charge on any atom is 0.336 e. The summed E-state index contributed by atoms with van der Waals surface area (Å²) in [5, 5.41) is 19.9. The lowest BCUT2D eigenvalue weighted by Crippen LogP contribution is -2.22. The van der Waals surface area contributed by atoms with E-state index < -0.39 is 5.63 Å². The van der Waals surface area contributed by atoms with Gasteiger partial charge in [0.2, 0.25) is 0 Å². The smallest absolute Gasteiger partial charge is 0.336 e. The van der Waals surface area contributed by atoms with Crippen LogP contribution in [0.15, 0.2) is 27.4 Å². The van der Waals surface area contributed by atoms with Crippen molar-refractivity contribution in [2.75, 3.05) is 13.6 Å². The standard InChI is InChI=1S/C16H21NO4/c1-10(18)6-7-17(3)9-12-8-15(20)21-16-11(2)14(19)5-4-13(12)16/h4-5,8,10,18-19H,6-7,9H2,1-3H3. The first-order valence-corrected chi connectivity index (χ1v) is 7.00. The van der Waals surface area contributed by atoms with E-state index in [0.29, 0.717) is 24.1 Å². The Balaban J connectivity index is 2.36. The van der Waals surface area contributed by atoms with Crippen molar-refractivity contribution in [1.82, 2.24) is 4.90 Å². The van der Waals surface area contributed by atoms with E-state index in [-0.39, 0.29) is 11.9 Å². The monoisotopic (exact) mass is 291 g/mol. The minimum Gasteiger partial charge on any atom is -0.508 e. The average molecular weight is 291 g/mol. The van der Waals surface area contributed by atoms with Gasteiger partial charge in [0.25, 0.3) is 0 Å². The molecule has 2 N–H and O–H groups in total. The van der Waals surface area contributed by atoms with Crippen molar-refractivity contribution in [3.63, 3.8) is 0 Å². The van der Waals surface area contributed by atoms with Crippen molar-refractivity contribution in [1.29, 1.82) is 0 Å². The summed E-state index contributed by atoms with van der Waals surface area (Å²) in [6.07, 6.45) is 0.333. The summed E-state index contributed by atoms with van der Waals surface area (Å²) in [6, 6.07) is 4.85. The Hall–Kier alpha value is -1.85. The van der Waals surface area contributed by atoms with Gasteiger partial charge in [0.15, 0.2) is 0 Å². The number of fused-ring (bicyclic) bond motifs is 1. The molecule has 0 aliphatic rings. The zero-order chi connectivity index (χ0) is 15.6. The number of aryl methyl sites for hydroxylation is 1. The molecule has 0 saturated carbocycles. The summed E-state index contributed by atoms with van der Waals surface area (Å²) in [4.78, 5) is 13.8. The minimum absolute atomic E-state index is 0.116. The Bertz CT molecular complexity index is 690. The van der Waals surface area contributed by atoms with Gasteiger partial charge >= 0.3 is 5.63 Å². The number of aliphatic hydroxyl groups is 1. The Morgan fingerprint density at radius 1 is 1.38 bits per heavy atom. The molecule has 5 nitrogen and oxygen atoms in total. The van der Waals surface area contributed by atoms with E-state index in [2.05, 4.69) is 0 Å². The van der Waals surface area contributed by atoms with Crippen LogP contribution in [0.25, 0.3) is 11.0 Å². The molecule has 1 aromatic heterocycles. The third-order valence-electron chi connectivity index (χ3n) is 3.59. The van der Waals surface area contributed by atoms with Crippen LogP contribution in [0.4, 0.5) is 0 Å². The summed E-state index contributed by atoms with van der Waals surface area (Å²) in [7, 11) is 1.94. The molecule has 0 fully saturated rings. The van der Waals surface area contributed by atoms with Crippen molar-refractivity contribution in [3.8, 4) is 5.75 Å². The van der Waals surface area contributed by atoms with E-state index in [0.717, 1.165) is 17.5 Å². The molecule has 21 heavy (non-hydrogen) atoms. The van der Waals surface area contributed by atoms with Gasteiger partial charge in [-0.2, -0.15) is 0 Å². The van der Waals surface area contributed by atoms with Crippen molar-refractivity contribution in [2.24, 2.45) is 0 Å². The van der Waals surface area contributed by atoms with Crippen LogP contribution in [0.2, 0.25) is 0 Å². The van der Waals surface area contributed by atoms with Crippen LogP contribution in [-0.4, -0.2) is 34.8 Å². The van der Waals surface area contributed by atoms with Gasteiger partial charge in [-0.25, -0.2) is 4.79 Å². The maximum atomic E-state index is 11.7. The molecule has 1 atom stereocenters. The second-order valence-electron chi connectivity index (χ2n) is 5.55. The number of hydrogen-bond donors (Lipinski definition) is 2. The van der Waals surface area contributed by atoms with Gasteiger partial charge in [0.1, 0.15) is 11.3 Å². The second-order valence-corrected chi connectivity index (χ2v) is 5.55. The summed E-state index contributed by atoms with van der Waals surface area (Å²) in [5.74, 6) is 0.116.